The Balaban J connectivity index is 2.18. The molecule has 0 N–H and O–H groups in total. The summed E-state index contributed by atoms with van der Waals surface area (Å²) in [6.07, 6.45) is 6.56. The molecule has 3 unspecified atom stereocenters. The zero-order valence-corrected chi connectivity index (χ0v) is 14.2. The molecule has 1 rings (SSSR count). The van der Waals surface area contributed by atoms with Gasteiger partial charge in [-0.25, -0.2) is 0 Å². The second kappa shape index (κ2) is 8.58. The average Bonchev–Trinajstić information content (AvgIpc) is 2.30. The lowest BCUT2D eigenvalue weighted by Crippen LogP contribution is -2.28. The van der Waals surface area contributed by atoms with Crippen molar-refractivity contribution < 1.29 is 4.74 Å². The van der Waals surface area contributed by atoms with Gasteiger partial charge in [0.05, 0.1) is 0 Å². The SMILES string of the molecule is CC(C)CCOCCC1CC(C(C)C)CCC1Br. The number of rotatable bonds is 7. The molecule has 0 aromatic heterocycles. The van der Waals surface area contributed by atoms with Crippen LogP contribution in [0.5, 0.6) is 0 Å². The fourth-order valence-corrected chi connectivity index (χ4v) is 3.57. The molecular formula is C16H31BrO. The van der Waals surface area contributed by atoms with Crippen molar-refractivity contribution in [2.75, 3.05) is 13.2 Å². The van der Waals surface area contributed by atoms with Crippen molar-refractivity contribution in [2.45, 2.75) is 64.6 Å². The first-order valence-corrected chi connectivity index (χ1v) is 8.64. The van der Waals surface area contributed by atoms with Crippen LogP contribution in [0.1, 0.15) is 59.8 Å². The van der Waals surface area contributed by atoms with E-state index in [-0.39, 0.29) is 0 Å². The summed E-state index contributed by atoms with van der Waals surface area (Å²) in [5.41, 5.74) is 0. The molecule has 108 valence electrons. The largest absolute Gasteiger partial charge is 0.381 e. The van der Waals surface area contributed by atoms with Crippen molar-refractivity contribution in [3.63, 3.8) is 0 Å². The Morgan fingerprint density at radius 1 is 1.11 bits per heavy atom. The van der Waals surface area contributed by atoms with E-state index in [2.05, 4.69) is 43.6 Å². The molecular weight excluding hydrogens is 288 g/mol. The van der Waals surface area contributed by atoms with Gasteiger partial charge in [-0.3, -0.25) is 0 Å². The molecule has 0 amide bonds. The van der Waals surface area contributed by atoms with Gasteiger partial charge in [-0.1, -0.05) is 43.6 Å². The number of ether oxygens (including phenoxy) is 1. The van der Waals surface area contributed by atoms with Crippen molar-refractivity contribution in [1.29, 1.82) is 0 Å². The van der Waals surface area contributed by atoms with Gasteiger partial charge >= 0.3 is 0 Å². The number of alkyl halides is 1. The lowest BCUT2D eigenvalue weighted by molar-refractivity contribution is 0.0980. The van der Waals surface area contributed by atoms with Crippen LogP contribution in [0.15, 0.2) is 0 Å². The molecule has 0 aliphatic heterocycles. The Bertz CT molecular complexity index is 215. The van der Waals surface area contributed by atoms with Gasteiger partial charge in [0.15, 0.2) is 0 Å². The first-order valence-electron chi connectivity index (χ1n) is 7.72. The van der Waals surface area contributed by atoms with Crippen LogP contribution in [0, 0.1) is 23.7 Å². The molecule has 3 atom stereocenters. The number of hydrogen-bond donors (Lipinski definition) is 0. The minimum Gasteiger partial charge on any atom is -0.381 e. The van der Waals surface area contributed by atoms with Gasteiger partial charge in [0.2, 0.25) is 0 Å². The van der Waals surface area contributed by atoms with Gasteiger partial charge < -0.3 is 4.74 Å². The molecule has 0 radical (unpaired) electrons. The third-order valence-electron chi connectivity index (χ3n) is 4.35. The maximum absolute atomic E-state index is 5.77. The first kappa shape index (κ1) is 16.5. The van der Waals surface area contributed by atoms with Crippen LogP contribution in [-0.4, -0.2) is 18.0 Å². The third kappa shape index (κ3) is 6.06. The van der Waals surface area contributed by atoms with E-state index in [1.54, 1.807) is 0 Å². The summed E-state index contributed by atoms with van der Waals surface area (Å²) in [6, 6.07) is 0. The van der Waals surface area contributed by atoms with E-state index in [1.807, 2.05) is 0 Å². The van der Waals surface area contributed by atoms with E-state index in [1.165, 1.54) is 32.1 Å². The van der Waals surface area contributed by atoms with Crippen LogP contribution >= 0.6 is 15.9 Å². The van der Waals surface area contributed by atoms with Crippen molar-refractivity contribution >= 4 is 15.9 Å². The van der Waals surface area contributed by atoms with Crippen molar-refractivity contribution in [3.05, 3.63) is 0 Å². The summed E-state index contributed by atoms with van der Waals surface area (Å²) < 4.78 is 5.77. The minimum atomic E-state index is 0.723. The molecule has 1 aliphatic carbocycles. The van der Waals surface area contributed by atoms with Gasteiger partial charge in [-0.15, -0.1) is 0 Å². The maximum Gasteiger partial charge on any atom is 0.0469 e. The van der Waals surface area contributed by atoms with Gasteiger partial charge in [0, 0.05) is 18.0 Å². The molecule has 0 aromatic carbocycles. The van der Waals surface area contributed by atoms with Crippen LogP contribution in [-0.2, 0) is 4.74 Å². The highest BCUT2D eigenvalue weighted by Crippen LogP contribution is 2.38. The quantitative estimate of drug-likeness (QED) is 0.458. The van der Waals surface area contributed by atoms with Crippen LogP contribution < -0.4 is 0 Å². The summed E-state index contributed by atoms with van der Waals surface area (Å²) >= 11 is 3.87. The van der Waals surface area contributed by atoms with E-state index >= 15 is 0 Å². The van der Waals surface area contributed by atoms with Crippen LogP contribution in [0.2, 0.25) is 0 Å². The Hall–Kier alpha value is 0.440. The molecule has 0 heterocycles. The summed E-state index contributed by atoms with van der Waals surface area (Å²) in [5.74, 6) is 3.35. The lowest BCUT2D eigenvalue weighted by atomic mass is 9.75. The predicted octanol–water partition coefficient (Wildman–Crippen LogP) is 5.28. The molecule has 1 fully saturated rings. The van der Waals surface area contributed by atoms with Gasteiger partial charge in [-0.05, 0) is 55.8 Å². The number of halogens is 1. The van der Waals surface area contributed by atoms with Crippen LogP contribution in [0.4, 0.5) is 0 Å². The summed E-state index contributed by atoms with van der Waals surface area (Å²) in [4.78, 5) is 0.723. The summed E-state index contributed by atoms with van der Waals surface area (Å²) in [7, 11) is 0. The molecule has 2 heteroatoms. The average molecular weight is 319 g/mol. The van der Waals surface area contributed by atoms with E-state index in [0.717, 1.165) is 41.7 Å². The molecule has 0 spiro atoms. The minimum absolute atomic E-state index is 0.723. The lowest BCUT2D eigenvalue weighted by Gasteiger charge is -2.35. The topological polar surface area (TPSA) is 9.23 Å². The molecule has 1 nitrogen and oxygen atoms in total. The van der Waals surface area contributed by atoms with Crippen molar-refractivity contribution in [3.8, 4) is 0 Å². The van der Waals surface area contributed by atoms with E-state index < -0.39 is 0 Å². The Kier molecular flexibility index (Phi) is 7.86. The predicted molar refractivity (Wildman–Crippen MR) is 83.3 cm³/mol. The monoisotopic (exact) mass is 318 g/mol. The summed E-state index contributed by atoms with van der Waals surface area (Å²) in [6.45, 7) is 11.1. The fraction of sp³-hybridized carbons (Fsp3) is 1.00. The summed E-state index contributed by atoms with van der Waals surface area (Å²) in [5, 5.41) is 0. The van der Waals surface area contributed by atoms with Gasteiger partial charge in [-0.2, -0.15) is 0 Å². The molecule has 0 aromatic rings. The second-order valence-corrected chi connectivity index (χ2v) is 7.85. The smallest absolute Gasteiger partial charge is 0.0469 e. The van der Waals surface area contributed by atoms with Crippen molar-refractivity contribution in [2.24, 2.45) is 23.7 Å². The van der Waals surface area contributed by atoms with Crippen LogP contribution in [0.3, 0.4) is 0 Å². The second-order valence-electron chi connectivity index (χ2n) is 6.68. The Labute approximate surface area is 122 Å². The maximum atomic E-state index is 5.77. The van der Waals surface area contributed by atoms with E-state index in [4.69, 9.17) is 4.74 Å². The highest BCUT2D eigenvalue weighted by molar-refractivity contribution is 9.09. The molecule has 1 aliphatic rings. The van der Waals surface area contributed by atoms with Crippen LogP contribution in [0.25, 0.3) is 0 Å². The number of hydrogen-bond acceptors (Lipinski definition) is 1. The zero-order valence-electron chi connectivity index (χ0n) is 12.6. The van der Waals surface area contributed by atoms with Crippen molar-refractivity contribution in [1.82, 2.24) is 0 Å². The first-order chi connectivity index (χ1) is 8.50. The standard InChI is InChI=1S/C16H31BrO/c1-12(2)7-9-18-10-8-15-11-14(13(3)4)5-6-16(15)17/h12-16H,5-11H2,1-4H3. The van der Waals surface area contributed by atoms with Gasteiger partial charge in [0.25, 0.3) is 0 Å². The van der Waals surface area contributed by atoms with E-state index in [9.17, 15) is 0 Å². The highest BCUT2D eigenvalue weighted by atomic mass is 79.9. The Morgan fingerprint density at radius 2 is 1.83 bits per heavy atom. The Morgan fingerprint density at radius 3 is 2.44 bits per heavy atom. The van der Waals surface area contributed by atoms with E-state index in [0.29, 0.717) is 0 Å². The zero-order chi connectivity index (χ0) is 13.5. The van der Waals surface area contributed by atoms with Gasteiger partial charge in [0.1, 0.15) is 0 Å². The fourth-order valence-electron chi connectivity index (χ4n) is 2.82. The normalized spacial score (nSPS) is 29.2. The molecule has 1 saturated carbocycles. The molecule has 0 saturated heterocycles. The third-order valence-corrected chi connectivity index (χ3v) is 5.55. The highest BCUT2D eigenvalue weighted by Gasteiger charge is 2.29. The molecule has 18 heavy (non-hydrogen) atoms. The molecule has 0 bridgehead atoms.